The Balaban J connectivity index is 2.47. The molecule has 0 spiro atoms. The Kier molecular flexibility index (Phi) is 8.00. The molecule has 0 aliphatic carbocycles. The number of hydrogen-bond acceptors (Lipinski definition) is 4. The highest BCUT2D eigenvalue weighted by atomic mass is 31.2. The third kappa shape index (κ3) is 6.06. The molecule has 0 aromatic heterocycles. The maximum atomic E-state index is 12.7. The Labute approximate surface area is 123 Å². The van der Waals surface area contributed by atoms with E-state index in [9.17, 15) is 4.57 Å². The average molecular weight is 304 g/mol. The smallest absolute Gasteiger partial charge is 0.269 e. The summed E-state index contributed by atoms with van der Waals surface area (Å²) >= 11 is 0. The fourth-order valence-corrected chi connectivity index (χ4v) is 3.90. The highest BCUT2D eigenvalue weighted by molar-refractivity contribution is 7.55. The van der Waals surface area contributed by atoms with Crippen molar-refractivity contribution in [2.45, 2.75) is 38.9 Å². The van der Waals surface area contributed by atoms with Gasteiger partial charge in [-0.05, 0) is 19.8 Å². The van der Waals surface area contributed by atoms with Crippen molar-refractivity contribution in [2.75, 3.05) is 39.5 Å². The van der Waals surface area contributed by atoms with Crippen LogP contribution in [0.2, 0.25) is 0 Å². The van der Waals surface area contributed by atoms with Crippen molar-refractivity contribution in [3.05, 3.63) is 12.7 Å². The fraction of sp³-hybridized carbons (Fsp3) is 0.857. The van der Waals surface area contributed by atoms with E-state index in [1.165, 1.54) is 0 Å². The van der Waals surface area contributed by atoms with Crippen LogP contribution in [0, 0.1) is 0 Å². The van der Waals surface area contributed by atoms with Crippen molar-refractivity contribution in [1.82, 2.24) is 9.99 Å². The van der Waals surface area contributed by atoms with Gasteiger partial charge >= 0.3 is 0 Å². The van der Waals surface area contributed by atoms with E-state index in [2.05, 4.69) is 18.8 Å². The van der Waals surface area contributed by atoms with Gasteiger partial charge in [0, 0.05) is 32.8 Å². The van der Waals surface area contributed by atoms with E-state index in [0.29, 0.717) is 6.61 Å². The first kappa shape index (κ1) is 17.9. The third-order valence-electron chi connectivity index (χ3n) is 3.32. The lowest BCUT2D eigenvalue weighted by atomic mass is 10.3. The third-order valence-corrected chi connectivity index (χ3v) is 5.37. The van der Waals surface area contributed by atoms with E-state index < -0.39 is 7.52 Å². The predicted molar refractivity (Wildman–Crippen MR) is 83.4 cm³/mol. The second-order valence-corrected chi connectivity index (χ2v) is 7.79. The van der Waals surface area contributed by atoms with Gasteiger partial charge in [-0.3, -0.25) is 4.57 Å². The molecule has 0 aromatic rings. The Morgan fingerprint density at radius 2 is 2.25 bits per heavy atom. The van der Waals surface area contributed by atoms with Gasteiger partial charge < -0.3 is 14.6 Å². The van der Waals surface area contributed by atoms with Gasteiger partial charge in [0.1, 0.15) is 0 Å². The van der Waals surface area contributed by atoms with Crippen LogP contribution in [-0.2, 0) is 13.8 Å². The van der Waals surface area contributed by atoms with Crippen molar-refractivity contribution < 1.29 is 13.8 Å². The van der Waals surface area contributed by atoms with Crippen LogP contribution in [0.5, 0.6) is 0 Å². The van der Waals surface area contributed by atoms with Gasteiger partial charge in [-0.1, -0.05) is 13.0 Å². The first-order valence-corrected chi connectivity index (χ1v) is 9.46. The monoisotopic (exact) mass is 304 g/mol. The van der Waals surface area contributed by atoms with E-state index in [4.69, 9.17) is 9.26 Å². The quantitative estimate of drug-likeness (QED) is 0.524. The van der Waals surface area contributed by atoms with Crippen LogP contribution < -0.4 is 5.32 Å². The van der Waals surface area contributed by atoms with Crippen LogP contribution in [0.25, 0.3) is 0 Å². The molecule has 1 aliphatic heterocycles. The highest BCUT2D eigenvalue weighted by Gasteiger charge is 2.28. The zero-order chi connectivity index (χ0) is 15.0. The second-order valence-electron chi connectivity index (χ2n) is 5.36. The molecule has 20 heavy (non-hydrogen) atoms. The van der Waals surface area contributed by atoms with Crippen molar-refractivity contribution in [3.8, 4) is 0 Å². The van der Waals surface area contributed by atoms with Crippen LogP contribution >= 0.6 is 7.52 Å². The van der Waals surface area contributed by atoms with Crippen LogP contribution in [0.3, 0.4) is 0 Å². The summed E-state index contributed by atoms with van der Waals surface area (Å²) in [6.45, 7) is 13.0. The van der Waals surface area contributed by atoms with Gasteiger partial charge in [0.2, 0.25) is 0 Å². The Bertz CT molecular complexity index is 338. The van der Waals surface area contributed by atoms with Crippen LogP contribution in [0.15, 0.2) is 12.7 Å². The number of hydrogen-bond donors (Lipinski definition) is 1. The topological polar surface area (TPSA) is 50.8 Å². The fourth-order valence-electron chi connectivity index (χ4n) is 2.25. The van der Waals surface area contributed by atoms with Crippen LogP contribution in [0.4, 0.5) is 0 Å². The molecule has 1 heterocycles. The van der Waals surface area contributed by atoms with E-state index in [0.717, 1.165) is 39.0 Å². The molecular weight excluding hydrogens is 275 g/mol. The Morgan fingerprint density at radius 3 is 2.85 bits per heavy atom. The van der Waals surface area contributed by atoms with E-state index in [1.54, 1.807) is 6.66 Å². The molecule has 1 aliphatic rings. The number of morpholine rings is 1. The molecule has 2 unspecified atom stereocenters. The molecule has 0 aromatic carbocycles. The van der Waals surface area contributed by atoms with Gasteiger partial charge in [0.05, 0.1) is 18.8 Å². The molecule has 0 radical (unpaired) electrons. The van der Waals surface area contributed by atoms with E-state index >= 15 is 0 Å². The maximum absolute atomic E-state index is 12.7. The lowest BCUT2D eigenvalue weighted by molar-refractivity contribution is -0.0477. The number of nitrogens with zero attached hydrogens (tertiary/aromatic N) is 1. The minimum absolute atomic E-state index is 0.0186. The lowest BCUT2D eigenvalue weighted by Crippen LogP contribution is -2.45. The number of ether oxygens (including phenoxy) is 1. The summed E-state index contributed by atoms with van der Waals surface area (Å²) < 4.78 is 26.1. The molecule has 1 rings (SSSR count). The summed E-state index contributed by atoms with van der Waals surface area (Å²) in [4.78, 5) is 0. The van der Waals surface area contributed by atoms with Gasteiger partial charge in [-0.2, -0.15) is 0 Å². The van der Waals surface area contributed by atoms with Gasteiger partial charge in [0.25, 0.3) is 7.52 Å². The molecule has 1 saturated heterocycles. The van der Waals surface area contributed by atoms with Crippen molar-refractivity contribution in [2.24, 2.45) is 0 Å². The summed E-state index contributed by atoms with van der Waals surface area (Å²) in [5, 5.41) is 3.29. The SMILES string of the molecule is C=CCCN(CCC)P(C)(=O)OC[C@@H]1CNCC(C)O1. The highest BCUT2D eigenvalue weighted by Crippen LogP contribution is 2.47. The zero-order valence-electron chi connectivity index (χ0n) is 13.0. The van der Waals surface area contributed by atoms with Crippen molar-refractivity contribution in [3.63, 3.8) is 0 Å². The maximum Gasteiger partial charge on any atom is 0.269 e. The number of rotatable bonds is 9. The predicted octanol–water partition coefficient (Wildman–Crippen LogP) is 2.49. The first-order chi connectivity index (χ1) is 9.49. The molecule has 0 bridgehead atoms. The minimum Gasteiger partial charge on any atom is -0.370 e. The van der Waals surface area contributed by atoms with E-state index in [1.807, 2.05) is 17.7 Å². The number of nitrogens with one attached hydrogen (secondary N) is 1. The molecule has 0 saturated carbocycles. The lowest BCUT2D eigenvalue weighted by Gasteiger charge is -2.32. The molecule has 118 valence electrons. The molecule has 6 heteroatoms. The molecule has 5 nitrogen and oxygen atoms in total. The van der Waals surface area contributed by atoms with Crippen molar-refractivity contribution >= 4 is 7.52 Å². The van der Waals surface area contributed by atoms with Crippen LogP contribution in [0.1, 0.15) is 26.7 Å². The average Bonchev–Trinajstić information content (AvgIpc) is 2.41. The normalized spacial score (nSPS) is 26.4. The molecule has 0 amide bonds. The Hall–Kier alpha value is -0.190. The van der Waals surface area contributed by atoms with E-state index in [-0.39, 0.29) is 12.2 Å². The summed E-state index contributed by atoms with van der Waals surface area (Å²) in [7, 11) is -2.76. The van der Waals surface area contributed by atoms with Gasteiger partial charge in [-0.25, -0.2) is 4.67 Å². The molecular formula is C14H29N2O3P. The largest absolute Gasteiger partial charge is 0.370 e. The molecule has 1 N–H and O–H groups in total. The van der Waals surface area contributed by atoms with Gasteiger partial charge in [-0.15, -0.1) is 6.58 Å². The molecule has 3 atom stereocenters. The summed E-state index contributed by atoms with van der Waals surface area (Å²) in [6.07, 6.45) is 3.78. The summed E-state index contributed by atoms with van der Waals surface area (Å²) in [5.74, 6) is 0. The standard InChI is InChI=1S/C14H29N2O3P/c1-5-7-9-16(8-6-2)20(4,17)18-12-14-11-15-10-13(3)19-14/h5,13-15H,1,6-12H2,2-4H3/t13?,14-,20?/m0/s1. The Morgan fingerprint density at radius 1 is 1.50 bits per heavy atom. The second kappa shape index (κ2) is 8.96. The first-order valence-electron chi connectivity index (χ1n) is 7.44. The summed E-state index contributed by atoms with van der Waals surface area (Å²) in [5.41, 5.74) is 0. The van der Waals surface area contributed by atoms with Crippen LogP contribution in [-0.4, -0.2) is 56.3 Å². The van der Waals surface area contributed by atoms with Crippen molar-refractivity contribution in [1.29, 1.82) is 0 Å². The zero-order valence-corrected chi connectivity index (χ0v) is 13.9. The minimum atomic E-state index is -2.76. The molecule has 1 fully saturated rings. The van der Waals surface area contributed by atoms with Gasteiger partial charge in [0.15, 0.2) is 0 Å². The summed E-state index contributed by atoms with van der Waals surface area (Å²) in [6, 6.07) is 0.